The van der Waals surface area contributed by atoms with E-state index in [2.05, 4.69) is 74.2 Å². The monoisotopic (exact) mass is 388 g/mol. The Balaban J connectivity index is 1.46. The highest BCUT2D eigenvalue weighted by Gasteiger charge is 2.21. The van der Waals surface area contributed by atoms with Gasteiger partial charge in [-0.25, -0.2) is 0 Å². The maximum Gasteiger partial charge on any atom is 0.119 e. The smallest absolute Gasteiger partial charge is 0.119 e. The first-order chi connectivity index (χ1) is 14.3. The van der Waals surface area contributed by atoms with Gasteiger partial charge in [-0.05, 0) is 86.3 Å². The molecular formula is C28H36O. The third-order valence-corrected chi connectivity index (χ3v) is 6.00. The van der Waals surface area contributed by atoms with E-state index in [0.29, 0.717) is 11.8 Å². The molecule has 0 bridgehead atoms. The van der Waals surface area contributed by atoms with Crippen LogP contribution in [-0.4, -0.2) is 6.61 Å². The molecule has 29 heavy (non-hydrogen) atoms. The molecule has 0 aromatic heterocycles. The predicted molar refractivity (Wildman–Crippen MR) is 123 cm³/mol. The number of ether oxygens (including phenoxy) is 1. The molecule has 0 unspecified atom stereocenters. The van der Waals surface area contributed by atoms with Crippen LogP contribution in [0.3, 0.4) is 0 Å². The summed E-state index contributed by atoms with van der Waals surface area (Å²) >= 11 is 0. The number of benzene rings is 2. The summed E-state index contributed by atoms with van der Waals surface area (Å²) in [5.41, 5.74) is 4.06. The maximum absolute atomic E-state index is 5.70. The summed E-state index contributed by atoms with van der Waals surface area (Å²) in [6, 6.07) is 17.7. The molecule has 1 saturated carbocycles. The second-order valence-electron chi connectivity index (χ2n) is 8.39. The summed E-state index contributed by atoms with van der Waals surface area (Å²) in [4.78, 5) is 0. The molecule has 0 saturated heterocycles. The Kier molecular flexibility index (Phi) is 8.69. The highest BCUT2D eigenvalue weighted by molar-refractivity contribution is 5.37. The average Bonchev–Trinajstić information content (AvgIpc) is 2.78. The maximum atomic E-state index is 5.70. The van der Waals surface area contributed by atoms with Crippen LogP contribution in [0.2, 0.25) is 0 Å². The van der Waals surface area contributed by atoms with E-state index in [0.717, 1.165) is 24.3 Å². The first-order valence-corrected chi connectivity index (χ1v) is 11.6. The number of aryl methyl sites for hydroxylation is 1. The Hall–Kier alpha value is -2.20. The minimum Gasteiger partial charge on any atom is -0.494 e. The Morgan fingerprint density at radius 1 is 0.828 bits per heavy atom. The molecule has 0 atom stereocenters. The fraction of sp³-hybridized carbons (Fsp3) is 0.500. The Labute approximate surface area is 177 Å². The first kappa shape index (κ1) is 21.5. The van der Waals surface area contributed by atoms with Crippen molar-refractivity contribution in [2.75, 3.05) is 6.61 Å². The summed E-state index contributed by atoms with van der Waals surface area (Å²) in [7, 11) is 0. The van der Waals surface area contributed by atoms with Crippen molar-refractivity contribution in [3.05, 3.63) is 65.2 Å². The van der Waals surface area contributed by atoms with E-state index in [1.165, 1.54) is 62.5 Å². The van der Waals surface area contributed by atoms with Crippen LogP contribution in [0.15, 0.2) is 48.5 Å². The number of hydrogen-bond acceptors (Lipinski definition) is 1. The summed E-state index contributed by atoms with van der Waals surface area (Å²) in [6.07, 6.45) is 11.0. The molecule has 3 rings (SSSR count). The van der Waals surface area contributed by atoms with Crippen molar-refractivity contribution in [1.29, 1.82) is 0 Å². The lowest BCUT2D eigenvalue weighted by Crippen LogP contribution is -2.12. The standard InChI is InChI=1S/C28H36O/c1-3-5-6-7-23-8-10-24(11-9-23)12-13-25-14-16-26(17-15-25)27-18-20-28(21-19-27)29-22-4-2/h8-11,18-21,25-26H,3-7,14-17,22H2,1-2H3. The number of hydrogen-bond donors (Lipinski definition) is 0. The molecule has 1 aliphatic rings. The zero-order chi connectivity index (χ0) is 20.3. The van der Waals surface area contributed by atoms with Gasteiger partial charge in [0.15, 0.2) is 0 Å². The second-order valence-corrected chi connectivity index (χ2v) is 8.39. The van der Waals surface area contributed by atoms with Gasteiger partial charge in [0.25, 0.3) is 0 Å². The molecule has 154 valence electrons. The van der Waals surface area contributed by atoms with Gasteiger partial charge in [0, 0.05) is 11.5 Å². The van der Waals surface area contributed by atoms with E-state index < -0.39 is 0 Å². The van der Waals surface area contributed by atoms with Gasteiger partial charge in [0.2, 0.25) is 0 Å². The molecule has 2 aromatic rings. The fourth-order valence-electron chi connectivity index (χ4n) is 4.15. The first-order valence-electron chi connectivity index (χ1n) is 11.6. The Morgan fingerprint density at radius 3 is 2.21 bits per heavy atom. The van der Waals surface area contributed by atoms with E-state index in [-0.39, 0.29) is 0 Å². The molecule has 0 heterocycles. The molecule has 2 aromatic carbocycles. The SMILES string of the molecule is CCCCCc1ccc(C#CC2CCC(c3ccc(OCCC)cc3)CC2)cc1. The molecule has 0 aliphatic heterocycles. The topological polar surface area (TPSA) is 9.23 Å². The number of unbranched alkanes of at least 4 members (excludes halogenated alkanes) is 2. The molecular weight excluding hydrogens is 352 g/mol. The Morgan fingerprint density at radius 2 is 1.55 bits per heavy atom. The van der Waals surface area contributed by atoms with E-state index in [4.69, 9.17) is 4.74 Å². The van der Waals surface area contributed by atoms with Crippen LogP contribution < -0.4 is 4.74 Å². The van der Waals surface area contributed by atoms with Crippen molar-refractivity contribution in [3.8, 4) is 17.6 Å². The summed E-state index contributed by atoms with van der Waals surface area (Å²) in [5, 5.41) is 0. The van der Waals surface area contributed by atoms with Crippen LogP contribution in [0.1, 0.15) is 87.8 Å². The molecule has 0 amide bonds. The third-order valence-electron chi connectivity index (χ3n) is 6.00. The van der Waals surface area contributed by atoms with Gasteiger partial charge in [-0.1, -0.05) is 62.8 Å². The van der Waals surface area contributed by atoms with Gasteiger partial charge < -0.3 is 4.74 Å². The van der Waals surface area contributed by atoms with E-state index in [9.17, 15) is 0 Å². The van der Waals surface area contributed by atoms with Crippen molar-refractivity contribution in [3.63, 3.8) is 0 Å². The van der Waals surface area contributed by atoms with Crippen molar-refractivity contribution >= 4 is 0 Å². The largest absolute Gasteiger partial charge is 0.494 e. The highest BCUT2D eigenvalue weighted by Crippen LogP contribution is 2.36. The van der Waals surface area contributed by atoms with Crippen molar-refractivity contribution in [2.24, 2.45) is 5.92 Å². The summed E-state index contributed by atoms with van der Waals surface area (Å²) in [6.45, 7) is 5.19. The fourth-order valence-corrected chi connectivity index (χ4v) is 4.15. The van der Waals surface area contributed by atoms with E-state index in [1.807, 2.05) is 0 Å². The molecule has 1 heteroatoms. The highest BCUT2D eigenvalue weighted by atomic mass is 16.5. The average molecular weight is 389 g/mol. The molecule has 1 fully saturated rings. The van der Waals surface area contributed by atoms with Crippen LogP contribution in [0, 0.1) is 17.8 Å². The van der Waals surface area contributed by atoms with Gasteiger partial charge in [-0.15, -0.1) is 0 Å². The normalized spacial score (nSPS) is 18.7. The zero-order valence-electron chi connectivity index (χ0n) is 18.3. The molecule has 0 N–H and O–H groups in total. The minimum atomic E-state index is 0.544. The molecule has 1 nitrogen and oxygen atoms in total. The molecule has 0 spiro atoms. The lowest BCUT2D eigenvalue weighted by atomic mass is 9.79. The minimum absolute atomic E-state index is 0.544. The lowest BCUT2D eigenvalue weighted by Gasteiger charge is -2.26. The van der Waals surface area contributed by atoms with Gasteiger partial charge in [-0.2, -0.15) is 0 Å². The van der Waals surface area contributed by atoms with Crippen molar-refractivity contribution in [1.82, 2.24) is 0 Å². The van der Waals surface area contributed by atoms with Gasteiger partial charge in [0.05, 0.1) is 6.61 Å². The van der Waals surface area contributed by atoms with Crippen LogP contribution >= 0.6 is 0 Å². The quantitative estimate of drug-likeness (QED) is 0.335. The molecule has 1 aliphatic carbocycles. The van der Waals surface area contributed by atoms with E-state index >= 15 is 0 Å². The van der Waals surface area contributed by atoms with Gasteiger partial charge in [-0.3, -0.25) is 0 Å². The molecule has 0 radical (unpaired) electrons. The van der Waals surface area contributed by atoms with E-state index in [1.54, 1.807) is 0 Å². The predicted octanol–water partition coefficient (Wildman–Crippen LogP) is 7.53. The van der Waals surface area contributed by atoms with Crippen molar-refractivity contribution in [2.45, 2.75) is 77.6 Å². The lowest BCUT2D eigenvalue weighted by molar-refractivity contribution is 0.317. The summed E-state index contributed by atoms with van der Waals surface area (Å²) < 4.78 is 5.70. The number of rotatable bonds is 8. The van der Waals surface area contributed by atoms with Gasteiger partial charge >= 0.3 is 0 Å². The Bertz CT molecular complexity index is 768. The zero-order valence-corrected chi connectivity index (χ0v) is 18.3. The third kappa shape index (κ3) is 6.97. The van der Waals surface area contributed by atoms with Crippen molar-refractivity contribution < 1.29 is 4.74 Å². The van der Waals surface area contributed by atoms with Crippen LogP contribution in [0.4, 0.5) is 0 Å². The summed E-state index contributed by atoms with van der Waals surface area (Å²) in [5.74, 6) is 9.18. The second kappa shape index (κ2) is 11.7. The van der Waals surface area contributed by atoms with Crippen LogP contribution in [0.25, 0.3) is 0 Å². The van der Waals surface area contributed by atoms with Gasteiger partial charge in [0.1, 0.15) is 5.75 Å². The van der Waals surface area contributed by atoms with Crippen LogP contribution in [-0.2, 0) is 6.42 Å². The van der Waals surface area contributed by atoms with Crippen LogP contribution in [0.5, 0.6) is 5.75 Å².